The summed E-state index contributed by atoms with van der Waals surface area (Å²) in [6.45, 7) is 10.5. The topological polar surface area (TPSA) is 42.7 Å². The summed E-state index contributed by atoms with van der Waals surface area (Å²) in [7, 11) is 0. The van der Waals surface area contributed by atoms with E-state index in [9.17, 15) is 0 Å². The van der Waals surface area contributed by atoms with Crippen LogP contribution in [0.4, 0.5) is 0 Å². The van der Waals surface area contributed by atoms with Crippen molar-refractivity contribution in [2.45, 2.75) is 66.0 Å². The number of aryl methyl sites for hydroxylation is 3. The van der Waals surface area contributed by atoms with Gasteiger partial charge in [0.15, 0.2) is 0 Å². The van der Waals surface area contributed by atoms with Crippen molar-refractivity contribution in [1.29, 1.82) is 0 Å². The molecule has 1 rings (SSSR count). The molecular weight excluding hydrogens is 212 g/mol. The van der Waals surface area contributed by atoms with Crippen molar-refractivity contribution in [3.8, 4) is 0 Å². The molecular formula is C13H26N4. The summed E-state index contributed by atoms with van der Waals surface area (Å²) in [5.74, 6) is 1.90. The number of nitrogens with zero attached hydrogens (tertiary/aromatic N) is 3. The van der Waals surface area contributed by atoms with Crippen molar-refractivity contribution in [2.75, 3.05) is 6.54 Å². The maximum atomic E-state index is 4.38. The monoisotopic (exact) mass is 238 g/mol. The molecule has 0 saturated carbocycles. The number of hydrogen-bond donors (Lipinski definition) is 1. The molecule has 1 N–H and O–H groups in total. The van der Waals surface area contributed by atoms with Crippen molar-refractivity contribution in [1.82, 2.24) is 20.1 Å². The van der Waals surface area contributed by atoms with E-state index in [4.69, 9.17) is 0 Å². The first-order valence-electron chi connectivity index (χ1n) is 6.78. The van der Waals surface area contributed by atoms with Gasteiger partial charge in [0.1, 0.15) is 11.6 Å². The van der Waals surface area contributed by atoms with Crippen LogP contribution >= 0.6 is 0 Å². The smallest absolute Gasteiger partial charge is 0.147 e. The molecule has 17 heavy (non-hydrogen) atoms. The molecule has 1 aromatic heterocycles. The summed E-state index contributed by atoms with van der Waals surface area (Å²) in [5.41, 5.74) is 0. The van der Waals surface area contributed by atoms with E-state index in [2.05, 4.69) is 29.2 Å². The van der Waals surface area contributed by atoms with E-state index in [1.807, 2.05) is 18.5 Å². The third-order valence-electron chi connectivity index (χ3n) is 3.06. The van der Waals surface area contributed by atoms with Crippen LogP contribution in [0.15, 0.2) is 0 Å². The summed E-state index contributed by atoms with van der Waals surface area (Å²) in [6, 6.07) is 0.653. The second-order valence-electron chi connectivity index (χ2n) is 4.63. The molecule has 1 aromatic rings. The lowest BCUT2D eigenvalue weighted by molar-refractivity contribution is 0.428. The van der Waals surface area contributed by atoms with Gasteiger partial charge in [0.25, 0.3) is 0 Å². The number of aromatic nitrogens is 3. The van der Waals surface area contributed by atoms with E-state index in [0.29, 0.717) is 6.04 Å². The molecule has 0 radical (unpaired) electrons. The third-order valence-corrected chi connectivity index (χ3v) is 3.06. The van der Waals surface area contributed by atoms with Crippen LogP contribution in [-0.4, -0.2) is 27.4 Å². The molecule has 0 saturated heterocycles. The number of hydrogen-bond acceptors (Lipinski definition) is 3. The van der Waals surface area contributed by atoms with Gasteiger partial charge in [-0.2, -0.15) is 5.10 Å². The molecule has 0 aliphatic heterocycles. The molecule has 0 aromatic carbocycles. The van der Waals surface area contributed by atoms with E-state index >= 15 is 0 Å². The van der Waals surface area contributed by atoms with Crippen LogP contribution in [0.2, 0.25) is 0 Å². The maximum Gasteiger partial charge on any atom is 0.147 e. The maximum absolute atomic E-state index is 4.38. The quantitative estimate of drug-likeness (QED) is 0.756. The molecule has 98 valence electrons. The summed E-state index contributed by atoms with van der Waals surface area (Å²) < 4.78 is 2.02. The van der Waals surface area contributed by atoms with Crippen LogP contribution < -0.4 is 5.32 Å². The Balaban J connectivity index is 2.28. The molecule has 0 aliphatic rings. The van der Waals surface area contributed by atoms with Crippen LogP contribution in [0.25, 0.3) is 0 Å². The summed E-state index contributed by atoms with van der Waals surface area (Å²) in [6.07, 6.45) is 4.79. The average Bonchev–Trinajstić information content (AvgIpc) is 2.62. The van der Waals surface area contributed by atoms with Crippen molar-refractivity contribution in [3.05, 3.63) is 11.6 Å². The average molecular weight is 238 g/mol. The summed E-state index contributed by atoms with van der Waals surface area (Å²) in [5, 5.41) is 7.96. The molecule has 0 spiro atoms. The molecule has 1 heterocycles. The molecule has 0 amide bonds. The third kappa shape index (κ3) is 4.86. The van der Waals surface area contributed by atoms with Gasteiger partial charge in [-0.15, -0.1) is 0 Å². The first-order valence-corrected chi connectivity index (χ1v) is 6.78. The van der Waals surface area contributed by atoms with Gasteiger partial charge in [0.05, 0.1) is 0 Å². The summed E-state index contributed by atoms with van der Waals surface area (Å²) >= 11 is 0. The van der Waals surface area contributed by atoms with Crippen LogP contribution in [0.3, 0.4) is 0 Å². The zero-order valence-corrected chi connectivity index (χ0v) is 11.7. The van der Waals surface area contributed by atoms with Crippen LogP contribution in [0.1, 0.15) is 51.2 Å². The predicted molar refractivity (Wildman–Crippen MR) is 71.1 cm³/mol. The minimum atomic E-state index is 0.653. The van der Waals surface area contributed by atoms with Crippen molar-refractivity contribution in [3.63, 3.8) is 0 Å². The minimum absolute atomic E-state index is 0.653. The van der Waals surface area contributed by atoms with Gasteiger partial charge in [-0.25, -0.2) is 4.98 Å². The van der Waals surface area contributed by atoms with E-state index in [0.717, 1.165) is 24.7 Å². The Morgan fingerprint density at radius 2 is 2.06 bits per heavy atom. The Kier molecular flexibility index (Phi) is 6.19. The Morgan fingerprint density at radius 3 is 2.59 bits per heavy atom. The molecule has 4 nitrogen and oxygen atoms in total. The van der Waals surface area contributed by atoms with Crippen molar-refractivity contribution >= 4 is 0 Å². The van der Waals surface area contributed by atoms with Gasteiger partial charge in [0.2, 0.25) is 0 Å². The predicted octanol–water partition coefficient (Wildman–Crippen LogP) is 2.45. The first-order chi connectivity index (χ1) is 8.17. The molecule has 4 heteroatoms. The Morgan fingerprint density at radius 1 is 1.29 bits per heavy atom. The van der Waals surface area contributed by atoms with Gasteiger partial charge in [0, 0.05) is 12.6 Å². The van der Waals surface area contributed by atoms with E-state index < -0.39 is 0 Å². The van der Waals surface area contributed by atoms with Crippen LogP contribution in [0.5, 0.6) is 0 Å². The highest BCUT2D eigenvalue weighted by molar-refractivity contribution is 4.87. The second-order valence-corrected chi connectivity index (χ2v) is 4.63. The van der Waals surface area contributed by atoms with Crippen molar-refractivity contribution < 1.29 is 0 Å². The van der Waals surface area contributed by atoms with E-state index in [1.54, 1.807) is 0 Å². The molecule has 1 atom stereocenters. The zero-order valence-electron chi connectivity index (χ0n) is 11.7. The van der Waals surface area contributed by atoms with E-state index in [-0.39, 0.29) is 0 Å². The lowest BCUT2D eigenvalue weighted by Crippen LogP contribution is -2.29. The fraction of sp³-hybridized carbons (Fsp3) is 0.846. The Bertz CT molecular complexity index is 319. The highest BCUT2D eigenvalue weighted by Gasteiger charge is 2.06. The van der Waals surface area contributed by atoms with Gasteiger partial charge in [-0.3, -0.25) is 4.68 Å². The van der Waals surface area contributed by atoms with Gasteiger partial charge in [-0.05, 0) is 46.1 Å². The van der Waals surface area contributed by atoms with Gasteiger partial charge >= 0.3 is 0 Å². The second kappa shape index (κ2) is 7.43. The van der Waals surface area contributed by atoms with Gasteiger partial charge < -0.3 is 5.32 Å². The standard InChI is InChI=1S/C13H26N4/c1-5-9-14-13(6-2)8-7-10-17-12(4)15-11(3)16-17/h13-14H,5-10H2,1-4H3. The van der Waals surface area contributed by atoms with Gasteiger partial charge in [-0.1, -0.05) is 13.8 Å². The first kappa shape index (κ1) is 14.2. The molecule has 0 fully saturated rings. The van der Waals surface area contributed by atoms with E-state index in [1.165, 1.54) is 25.7 Å². The largest absolute Gasteiger partial charge is 0.314 e. The fourth-order valence-corrected chi connectivity index (χ4v) is 2.06. The fourth-order valence-electron chi connectivity index (χ4n) is 2.06. The lowest BCUT2D eigenvalue weighted by Gasteiger charge is -2.16. The number of rotatable bonds is 8. The zero-order chi connectivity index (χ0) is 12.7. The highest BCUT2D eigenvalue weighted by Crippen LogP contribution is 2.05. The lowest BCUT2D eigenvalue weighted by atomic mass is 10.1. The molecule has 0 aliphatic carbocycles. The van der Waals surface area contributed by atoms with Crippen LogP contribution in [-0.2, 0) is 6.54 Å². The molecule has 0 bridgehead atoms. The van der Waals surface area contributed by atoms with Crippen LogP contribution in [0, 0.1) is 13.8 Å². The minimum Gasteiger partial charge on any atom is -0.314 e. The Labute approximate surface area is 105 Å². The number of nitrogens with one attached hydrogen (secondary N) is 1. The summed E-state index contributed by atoms with van der Waals surface area (Å²) in [4.78, 5) is 4.31. The molecule has 1 unspecified atom stereocenters. The van der Waals surface area contributed by atoms with Crippen molar-refractivity contribution in [2.24, 2.45) is 0 Å². The highest BCUT2D eigenvalue weighted by atomic mass is 15.3. The SMILES string of the molecule is CCCNC(CC)CCCn1nc(C)nc1C. The Hall–Kier alpha value is -0.900. The normalized spacial score (nSPS) is 12.9.